The molecule has 1 aliphatic carbocycles. The Hall–Kier alpha value is -1.04. The van der Waals surface area contributed by atoms with E-state index in [0.29, 0.717) is 0 Å². The Morgan fingerprint density at radius 2 is 1.67 bits per heavy atom. The lowest BCUT2D eigenvalue weighted by Crippen LogP contribution is -1.68. The standard InChI is InChI=1S/C12H15/c1-2-4-6-8-10-12-11-9-7-5-3-1/h1-4,7,9,12H,5-6,8,11H2/b3-1+,4-2-,9-7-,12-10?. The Morgan fingerprint density at radius 1 is 0.833 bits per heavy atom. The molecule has 0 fully saturated rings. The molecule has 0 saturated carbocycles. The zero-order valence-electron chi connectivity index (χ0n) is 7.37. The summed E-state index contributed by atoms with van der Waals surface area (Å²) in [5.74, 6) is 0. The third-order valence-electron chi connectivity index (χ3n) is 1.68. The maximum atomic E-state index is 3.25. The molecule has 1 rings (SSSR count). The van der Waals surface area contributed by atoms with E-state index in [1.165, 1.54) is 0 Å². The predicted octanol–water partition coefficient (Wildman–Crippen LogP) is 3.59. The summed E-state index contributed by atoms with van der Waals surface area (Å²) in [5, 5.41) is 0. The SMILES string of the molecule is [C]1=C\C/C=C\C/C=C/C=C\CC/1. The minimum absolute atomic E-state index is 1.03. The van der Waals surface area contributed by atoms with Crippen LogP contribution < -0.4 is 0 Å². The van der Waals surface area contributed by atoms with Gasteiger partial charge in [0.05, 0.1) is 0 Å². The fourth-order valence-corrected chi connectivity index (χ4v) is 1.02. The van der Waals surface area contributed by atoms with Crippen LogP contribution in [0.3, 0.4) is 0 Å². The minimum Gasteiger partial charge on any atom is -0.0844 e. The van der Waals surface area contributed by atoms with E-state index in [0.717, 1.165) is 25.7 Å². The van der Waals surface area contributed by atoms with Gasteiger partial charge in [-0.15, -0.1) is 0 Å². The first kappa shape index (κ1) is 9.05. The third-order valence-corrected chi connectivity index (χ3v) is 1.68. The summed E-state index contributed by atoms with van der Waals surface area (Å²) in [5.41, 5.74) is 0. The lowest BCUT2D eigenvalue weighted by Gasteiger charge is -1.87. The molecule has 0 aromatic rings. The largest absolute Gasteiger partial charge is 0.0844 e. The fraction of sp³-hybridized carbons (Fsp3) is 0.333. The maximum absolute atomic E-state index is 3.25. The van der Waals surface area contributed by atoms with Crippen molar-refractivity contribution in [3.8, 4) is 0 Å². The van der Waals surface area contributed by atoms with Crippen LogP contribution >= 0.6 is 0 Å². The molecule has 0 amide bonds. The molecule has 1 aliphatic rings. The number of rotatable bonds is 0. The van der Waals surface area contributed by atoms with Gasteiger partial charge in [0.2, 0.25) is 0 Å². The summed E-state index contributed by atoms with van der Waals surface area (Å²) in [6, 6.07) is 0. The average Bonchev–Trinajstić information content (AvgIpc) is 2.05. The second kappa shape index (κ2) is 6.66. The molecule has 0 N–H and O–H groups in total. The first-order valence-electron chi connectivity index (χ1n) is 4.52. The number of hydrogen-bond acceptors (Lipinski definition) is 0. The van der Waals surface area contributed by atoms with Crippen LogP contribution in [0.15, 0.2) is 42.5 Å². The smallest absolute Gasteiger partial charge is 0.0163 e. The van der Waals surface area contributed by atoms with Crippen LogP contribution in [0.25, 0.3) is 0 Å². The molecular formula is C12H15. The van der Waals surface area contributed by atoms with Crippen LogP contribution in [-0.4, -0.2) is 0 Å². The van der Waals surface area contributed by atoms with Crippen molar-refractivity contribution in [2.45, 2.75) is 25.7 Å². The average molecular weight is 159 g/mol. The van der Waals surface area contributed by atoms with E-state index < -0.39 is 0 Å². The summed E-state index contributed by atoms with van der Waals surface area (Å²) in [7, 11) is 0. The van der Waals surface area contributed by atoms with Gasteiger partial charge in [0.15, 0.2) is 0 Å². The summed E-state index contributed by atoms with van der Waals surface area (Å²) in [4.78, 5) is 0. The molecule has 0 aliphatic heterocycles. The monoisotopic (exact) mass is 159 g/mol. The van der Waals surface area contributed by atoms with Crippen molar-refractivity contribution in [3.63, 3.8) is 0 Å². The molecule has 12 heavy (non-hydrogen) atoms. The van der Waals surface area contributed by atoms with Crippen LogP contribution in [0.5, 0.6) is 0 Å². The maximum Gasteiger partial charge on any atom is -0.0163 e. The summed E-state index contributed by atoms with van der Waals surface area (Å²) in [6.07, 6.45) is 22.5. The van der Waals surface area contributed by atoms with Crippen molar-refractivity contribution >= 4 is 0 Å². The number of allylic oxidation sites excluding steroid dienone is 8. The molecule has 0 aromatic carbocycles. The summed E-state index contributed by atoms with van der Waals surface area (Å²) >= 11 is 0. The highest BCUT2D eigenvalue weighted by molar-refractivity contribution is 5.06. The molecule has 0 unspecified atom stereocenters. The second-order valence-electron chi connectivity index (χ2n) is 2.75. The molecule has 63 valence electrons. The van der Waals surface area contributed by atoms with E-state index in [1.54, 1.807) is 0 Å². The summed E-state index contributed by atoms with van der Waals surface area (Å²) < 4.78 is 0. The lowest BCUT2D eigenvalue weighted by atomic mass is 10.2. The van der Waals surface area contributed by atoms with Crippen LogP contribution in [0.4, 0.5) is 0 Å². The van der Waals surface area contributed by atoms with Gasteiger partial charge in [0.25, 0.3) is 0 Å². The predicted molar refractivity (Wildman–Crippen MR) is 53.7 cm³/mol. The molecule has 0 spiro atoms. The van der Waals surface area contributed by atoms with Crippen molar-refractivity contribution in [2.75, 3.05) is 0 Å². The van der Waals surface area contributed by atoms with Crippen molar-refractivity contribution in [3.05, 3.63) is 48.6 Å². The van der Waals surface area contributed by atoms with E-state index in [1.807, 2.05) is 0 Å². The van der Waals surface area contributed by atoms with Gasteiger partial charge in [-0.2, -0.15) is 0 Å². The molecule has 0 bridgehead atoms. The fourth-order valence-electron chi connectivity index (χ4n) is 1.02. The molecule has 0 aromatic heterocycles. The van der Waals surface area contributed by atoms with E-state index in [2.05, 4.69) is 48.6 Å². The van der Waals surface area contributed by atoms with Gasteiger partial charge in [0.1, 0.15) is 0 Å². The lowest BCUT2D eigenvalue weighted by molar-refractivity contribution is 1.02. The van der Waals surface area contributed by atoms with Gasteiger partial charge >= 0.3 is 0 Å². The van der Waals surface area contributed by atoms with Gasteiger partial charge in [-0.1, -0.05) is 42.5 Å². The van der Waals surface area contributed by atoms with Crippen molar-refractivity contribution in [2.24, 2.45) is 0 Å². The topological polar surface area (TPSA) is 0 Å². The van der Waals surface area contributed by atoms with E-state index in [4.69, 9.17) is 0 Å². The van der Waals surface area contributed by atoms with Gasteiger partial charge in [-0.05, 0) is 31.8 Å². The normalized spacial score (nSPS) is 29.3. The van der Waals surface area contributed by atoms with E-state index in [-0.39, 0.29) is 0 Å². The Morgan fingerprint density at radius 3 is 2.67 bits per heavy atom. The van der Waals surface area contributed by atoms with Crippen molar-refractivity contribution in [1.82, 2.24) is 0 Å². The highest BCUT2D eigenvalue weighted by atomic mass is 13.8. The Balaban J connectivity index is 2.41. The molecule has 0 atom stereocenters. The Bertz CT molecular complexity index is 204. The van der Waals surface area contributed by atoms with E-state index in [9.17, 15) is 0 Å². The van der Waals surface area contributed by atoms with Crippen molar-refractivity contribution < 1.29 is 0 Å². The van der Waals surface area contributed by atoms with Crippen LogP contribution in [0, 0.1) is 6.08 Å². The first-order valence-corrected chi connectivity index (χ1v) is 4.52. The first-order chi connectivity index (χ1) is 6.00. The Kier molecular flexibility index (Phi) is 5.02. The van der Waals surface area contributed by atoms with E-state index >= 15 is 0 Å². The zero-order chi connectivity index (χ0) is 8.49. The van der Waals surface area contributed by atoms with Gasteiger partial charge in [0, 0.05) is 0 Å². The highest BCUT2D eigenvalue weighted by Gasteiger charge is 1.78. The summed E-state index contributed by atoms with van der Waals surface area (Å²) in [6.45, 7) is 0. The van der Waals surface area contributed by atoms with Crippen LogP contribution in [0.2, 0.25) is 0 Å². The highest BCUT2D eigenvalue weighted by Crippen LogP contribution is 1.97. The molecule has 0 heteroatoms. The zero-order valence-corrected chi connectivity index (χ0v) is 7.37. The second-order valence-corrected chi connectivity index (χ2v) is 2.75. The molecule has 0 nitrogen and oxygen atoms in total. The van der Waals surface area contributed by atoms with Crippen LogP contribution in [0.1, 0.15) is 25.7 Å². The van der Waals surface area contributed by atoms with Crippen LogP contribution in [-0.2, 0) is 0 Å². The van der Waals surface area contributed by atoms with Crippen molar-refractivity contribution in [1.29, 1.82) is 0 Å². The minimum atomic E-state index is 1.03. The van der Waals surface area contributed by atoms with Gasteiger partial charge < -0.3 is 0 Å². The number of hydrogen-bond donors (Lipinski definition) is 0. The van der Waals surface area contributed by atoms with Gasteiger partial charge in [-0.3, -0.25) is 0 Å². The molecule has 0 heterocycles. The quantitative estimate of drug-likeness (QED) is 0.474. The Labute approximate surface area is 75.0 Å². The van der Waals surface area contributed by atoms with Gasteiger partial charge in [-0.25, -0.2) is 0 Å². The molecule has 1 radical (unpaired) electrons. The third kappa shape index (κ3) is 4.73. The molecule has 0 saturated heterocycles. The molecular weight excluding hydrogens is 144 g/mol.